The summed E-state index contributed by atoms with van der Waals surface area (Å²) in [6.07, 6.45) is 16.6. The van der Waals surface area contributed by atoms with E-state index in [0.717, 1.165) is 30.4 Å². The van der Waals surface area contributed by atoms with Crippen LogP contribution in [-0.4, -0.2) is 0 Å². The van der Waals surface area contributed by atoms with Crippen LogP contribution in [0.5, 0.6) is 0 Å². The van der Waals surface area contributed by atoms with Crippen molar-refractivity contribution in [3.63, 3.8) is 0 Å². The van der Waals surface area contributed by atoms with Gasteiger partial charge in [-0.1, -0.05) is 69.5 Å². The van der Waals surface area contributed by atoms with Crippen LogP contribution in [0, 0.1) is 28.1 Å². The first-order valence-electron chi connectivity index (χ1n) is 13.6. The lowest BCUT2D eigenvalue weighted by atomic mass is 9.50. The summed E-state index contributed by atoms with van der Waals surface area (Å²) in [5, 5.41) is 20.2. The number of unbranched alkanes of at least 4 members (excludes halogenated alkanes) is 2. The summed E-state index contributed by atoms with van der Waals surface area (Å²) in [5.41, 5.74) is 6.85. The van der Waals surface area contributed by atoms with Gasteiger partial charge in [-0.25, -0.2) is 0 Å². The molecule has 0 amide bonds. The highest BCUT2D eigenvalue weighted by Gasteiger charge is 2.49. The van der Waals surface area contributed by atoms with Gasteiger partial charge in [0.15, 0.2) is 0 Å². The Labute approximate surface area is 207 Å². The molecule has 0 aromatic heterocycles. The summed E-state index contributed by atoms with van der Waals surface area (Å²) in [7, 11) is 0. The average Bonchev–Trinajstić information content (AvgIpc) is 2.89. The van der Waals surface area contributed by atoms with Crippen molar-refractivity contribution in [2.24, 2.45) is 5.41 Å². The normalized spacial score (nSPS) is 23.4. The zero-order valence-electron chi connectivity index (χ0n) is 21.3. The second-order valence-electron chi connectivity index (χ2n) is 11.0. The summed E-state index contributed by atoms with van der Waals surface area (Å²) in [4.78, 5) is 0. The molecule has 0 spiro atoms. The highest BCUT2D eigenvalue weighted by Crippen LogP contribution is 2.60. The van der Waals surface area contributed by atoms with E-state index in [0.29, 0.717) is 16.5 Å². The Balaban J connectivity index is 1.50. The molecular formula is C32H40N2. The molecule has 0 radical (unpaired) electrons. The molecule has 2 bridgehead atoms. The SMILES string of the molecule is CCCCCc1ccc(CCc2ccc(C34CCC(CCC)(CC3)CC4)c(C#N)c2C#N)cc1. The Bertz CT molecular complexity index is 1040. The number of hydrogen-bond donors (Lipinski definition) is 0. The zero-order valence-corrected chi connectivity index (χ0v) is 21.3. The molecule has 3 aliphatic carbocycles. The van der Waals surface area contributed by atoms with E-state index in [2.05, 4.69) is 62.4 Å². The second kappa shape index (κ2) is 10.8. The van der Waals surface area contributed by atoms with Crippen molar-refractivity contribution in [3.05, 3.63) is 69.8 Å². The van der Waals surface area contributed by atoms with Gasteiger partial charge >= 0.3 is 0 Å². The van der Waals surface area contributed by atoms with E-state index in [4.69, 9.17) is 0 Å². The van der Waals surface area contributed by atoms with Crippen molar-refractivity contribution in [1.82, 2.24) is 0 Å². The molecule has 2 nitrogen and oxygen atoms in total. The first-order valence-corrected chi connectivity index (χ1v) is 13.6. The number of nitrogens with zero attached hydrogens (tertiary/aromatic N) is 2. The molecule has 0 unspecified atom stereocenters. The standard InChI is InChI=1S/C32H40N2/c1-3-5-6-7-25-8-10-26(11-9-25)12-13-27-14-15-30(29(24-34)28(27)23-33)32-20-17-31(16-4-2,18-21-32)19-22-32/h8-11,14-15H,3-7,12-13,16-22H2,1-2H3. The van der Waals surface area contributed by atoms with Gasteiger partial charge in [0.2, 0.25) is 0 Å². The highest BCUT2D eigenvalue weighted by atomic mass is 14.5. The predicted octanol–water partition coefficient (Wildman–Crippen LogP) is 8.34. The Hall–Kier alpha value is -2.58. The summed E-state index contributed by atoms with van der Waals surface area (Å²) < 4.78 is 0. The van der Waals surface area contributed by atoms with E-state index < -0.39 is 0 Å². The third-order valence-electron chi connectivity index (χ3n) is 9.04. The Morgan fingerprint density at radius 2 is 1.29 bits per heavy atom. The molecule has 3 saturated carbocycles. The minimum atomic E-state index is 0.109. The van der Waals surface area contributed by atoms with E-state index in [1.807, 2.05) is 0 Å². The molecule has 0 atom stereocenters. The molecule has 5 rings (SSSR count). The van der Waals surface area contributed by atoms with E-state index in [9.17, 15) is 10.5 Å². The number of hydrogen-bond acceptors (Lipinski definition) is 2. The summed E-state index contributed by atoms with van der Waals surface area (Å²) in [6.45, 7) is 4.55. The van der Waals surface area contributed by atoms with Gasteiger partial charge in [-0.3, -0.25) is 0 Å². The molecule has 2 heteroatoms. The van der Waals surface area contributed by atoms with Crippen LogP contribution in [0.2, 0.25) is 0 Å². The lowest BCUT2D eigenvalue weighted by molar-refractivity contribution is 0.0319. The van der Waals surface area contributed by atoms with Crippen molar-refractivity contribution < 1.29 is 0 Å². The maximum atomic E-state index is 10.1. The van der Waals surface area contributed by atoms with Gasteiger partial charge in [-0.2, -0.15) is 10.5 Å². The highest BCUT2D eigenvalue weighted by molar-refractivity contribution is 5.57. The van der Waals surface area contributed by atoms with Gasteiger partial charge in [0, 0.05) is 0 Å². The maximum Gasteiger partial charge on any atom is 0.101 e. The first kappa shape index (κ1) is 24.5. The van der Waals surface area contributed by atoms with E-state index >= 15 is 0 Å². The molecule has 0 heterocycles. The van der Waals surface area contributed by atoms with Gasteiger partial charge in [0.1, 0.15) is 12.1 Å². The third kappa shape index (κ3) is 4.93. The third-order valence-corrected chi connectivity index (χ3v) is 9.04. The van der Waals surface area contributed by atoms with Gasteiger partial charge in [-0.15, -0.1) is 0 Å². The van der Waals surface area contributed by atoms with Crippen LogP contribution in [0.1, 0.15) is 118 Å². The molecule has 3 fully saturated rings. The van der Waals surface area contributed by atoms with Crippen molar-refractivity contribution in [2.45, 2.75) is 109 Å². The van der Waals surface area contributed by atoms with Gasteiger partial charge < -0.3 is 0 Å². The Kier molecular flexibility index (Phi) is 7.78. The van der Waals surface area contributed by atoms with Crippen molar-refractivity contribution in [3.8, 4) is 12.1 Å². The number of benzene rings is 2. The molecule has 178 valence electrons. The summed E-state index contributed by atoms with van der Waals surface area (Å²) in [5.74, 6) is 0. The van der Waals surface area contributed by atoms with Crippen LogP contribution in [0.4, 0.5) is 0 Å². The van der Waals surface area contributed by atoms with E-state index in [-0.39, 0.29) is 5.41 Å². The van der Waals surface area contributed by atoms with Crippen molar-refractivity contribution in [1.29, 1.82) is 10.5 Å². The summed E-state index contributed by atoms with van der Waals surface area (Å²) in [6, 6.07) is 18.2. The molecule has 34 heavy (non-hydrogen) atoms. The minimum Gasteiger partial charge on any atom is -0.192 e. The molecule has 2 aromatic rings. The number of aryl methyl sites for hydroxylation is 3. The fourth-order valence-electron chi connectivity index (χ4n) is 6.84. The fraction of sp³-hybridized carbons (Fsp3) is 0.562. The zero-order chi connectivity index (χ0) is 24.0. The quantitative estimate of drug-likeness (QED) is 0.340. The largest absolute Gasteiger partial charge is 0.192 e. The smallest absolute Gasteiger partial charge is 0.101 e. The van der Waals surface area contributed by atoms with Crippen molar-refractivity contribution in [2.75, 3.05) is 0 Å². The topological polar surface area (TPSA) is 47.6 Å². The molecule has 2 aromatic carbocycles. The predicted molar refractivity (Wildman–Crippen MR) is 140 cm³/mol. The van der Waals surface area contributed by atoms with Crippen LogP contribution in [0.3, 0.4) is 0 Å². The number of fused-ring (bicyclic) bond motifs is 3. The lowest BCUT2D eigenvalue weighted by Gasteiger charge is -2.54. The van der Waals surface area contributed by atoms with Crippen LogP contribution in [0.15, 0.2) is 36.4 Å². The Morgan fingerprint density at radius 1 is 0.676 bits per heavy atom. The second-order valence-corrected chi connectivity index (χ2v) is 11.0. The summed E-state index contributed by atoms with van der Waals surface area (Å²) >= 11 is 0. The first-order chi connectivity index (χ1) is 16.6. The van der Waals surface area contributed by atoms with Crippen LogP contribution < -0.4 is 0 Å². The molecule has 0 aliphatic heterocycles. The molecule has 3 aliphatic rings. The van der Waals surface area contributed by atoms with Gasteiger partial charge in [0.05, 0.1) is 11.1 Å². The lowest BCUT2D eigenvalue weighted by Crippen LogP contribution is -2.44. The number of nitriles is 2. The van der Waals surface area contributed by atoms with Crippen LogP contribution >= 0.6 is 0 Å². The van der Waals surface area contributed by atoms with Gasteiger partial charge in [0.25, 0.3) is 0 Å². The maximum absolute atomic E-state index is 10.1. The average molecular weight is 453 g/mol. The van der Waals surface area contributed by atoms with E-state index in [1.54, 1.807) is 0 Å². The minimum absolute atomic E-state index is 0.109. The molecule has 0 saturated heterocycles. The van der Waals surface area contributed by atoms with Gasteiger partial charge in [-0.05, 0) is 104 Å². The van der Waals surface area contributed by atoms with Crippen molar-refractivity contribution >= 4 is 0 Å². The van der Waals surface area contributed by atoms with Crippen LogP contribution in [-0.2, 0) is 24.7 Å². The monoisotopic (exact) mass is 452 g/mol. The van der Waals surface area contributed by atoms with E-state index in [1.165, 1.54) is 81.8 Å². The van der Waals surface area contributed by atoms with Crippen LogP contribution in [0.25, 0.3) is 0 Å². The molecular weight excluding hydrogens is 412 g/mol. The number of rotatable bonds is 10. The molecule has 0 N–H and O–H groups in total. The fourth-order valence-corrected chi connectivity index (χ4v) is 6.84. The Morgan fingerprint density at radius 3 is 1.85 bits per heavy atom.